The van der Waals surface area contributed by atoms with Gasteiger partial charge in [0.1, 0.15) is 19.8 Å². The van der Waals surface area contributed by atoms with Crippen LogP contribution in [-0.4, -0.2) is 70.0 Å². The highest BCUT2D eigenvalue weighted by Crippen LogP contribution is 2.38. The molecule has 0 bridgehead atoms. The molecule has 77 heavy (non-hydrogen) atoms. The van der Waals surface area contributed by atoms with Gasteiger partial charge in [0.05, 0.1) is 27.7 Å². The summed E-state index contributed by atoms with van der Waals surface area (Å²) < 4.78 is 34.3. The number of nitrogens with zero attached hydrogens (tertiary/aromatic N) is 1. The molecule has 0 aliphatic heterocycles. The molecule has 2 unspecified atom stereocenters. The Kier molecular flexibility index (Phi) is 56.2. The van der Waals surface area contributed by atoms with Gasteiger partial charge in [-0.1, -0.05) is 286 Å². The highest BCUT2D eigenvalue weighted by molar-refractivity contribution is 7.45. The van der Waals surface area contributed by atoms with Gasteiger partial charge in [0.2, 0.25) is 0 Å². The molecule has 0 saturated carbocycles. The van der Waals surface area contributed by atoms with Gasteiger partial charge in [0, 0.05) is 12.8 Å². The normalized spacial score (nSPS) is 13.7. The molecule has 0 saturated heterocycles. The van der Waals surface area contributed by atoms with Crippen molar-refractivity contribution in [2.24, 2.45) is 0 Å². The summed E-state index contributed by atoms with van der Waals surface area (Å²) >= 11 is 0. The van der Waals surface area contributed by atoms with E-state index in [9.17, 15) is 19.0 Å². The average molecular weight is 1100 g/mol. The van der Waals surface area contributed by atoms with Gasteiger partial charge in [0.25, 0.3) is 7.82 Å². The van der Waals surface area contributed by atoms with E-state index in [0.29, 0.717) is 17.4 Å². The zero-order valence-corrected chi connectivity index (χ0v) is 51.8. The van der Waals surface area contributed by atoms with E-state index in [2.05, 4.69) is 86.8 Å². The monoisotopic (exact) mass is 1100 g/mol. The standard InChI is InChI=1S/C67H122NO8P/c1-6-8-10-12-14-16-18-20-22-24-26-28-30-32-33-34-35-36-38-40-42-44-46-48-50-52-54-56-58-60-67(70)76-65(64-75-77(71,72)74-62-61-68(3,4)5)63-73-66(69)59-57-55-53-51-49-47-45-43-41-39-37-31-29-27-25-23-21-19-17-15-13-11-9-7-2/h8,10,14,16,20,22,26,28,32-33,35-36,65H,6-7,9,11-13,15,17-19,21,23-25,27,29-31,34,37-64H2,1-5H3/b10-8-,16-14-,22-20-,28-26-,33-32-,36-35-. The first-order valence-corrected chi connectivity index (χ1v) is 33.6. The Morgan fingerprint density at radius 2 is 0.740 bits per heavy atom. The summed E-state index contributed by atoms with van der Waals surface area (Å²) in [7, 11) is 1.17. The molecule has 448 valence electrons. The minimum absolute atomic E-state index is 0.0327. The molecule has 2 atom stereocenters. The van der Waals surface area contributed by atoms with Crippen LogP contribution in [0, 0.1) is 0 Å². The maximum absolute atomic E-state index is 12.8. The molecule has 0 fully saturated rings. The quantitative estimate of drug-likeness (QED) is 0.0195. The number of ether oxygens (including phenoxy) is 2. The van der Waals surface area contributed by atoms with Crippen LogP contribution in [0.4, 0.5) is 0 Å². The van der Waals surface area contributed by atoms with E-state index >= 15 is 0 Å². The van der Waals surface area contributed by atoms with Crippen LogP contribution in [0.15, 0.2) is 72.9 Å². The molecule has 10 heteroatoms. The summed E-state index contributed by atoms with van der Waals surface area (Å²) in [6, 6.07) is 0. The fourth-order valence-corrected chi connectivity index (χ4v) is 9.80. The lowest BCUT2D eigenvalue weighted by atomic mass is 10.0. The van der Waals surface area contributed by atoms with Gasteiger partial charge in [-0.2, -0.15) is 0 Å². The molecule has 0 aliphatic rings. The highest BCUT2D eigenvalue weighted by atomic mass is 31.2. The van der Waals surface area contributed by atoms with Crippen molar-refractivity contribution in [3.05, 3.63) is 72.9 Å². The highest BCUT2D eigenvalue weighted by Gasteiger charge is 2.22. The number of esters is 2. The smallest absolute Gasteiger partial charge is 0.306 e. The number of phosphoric acid groups is 1. The summed E-state index contributed by atoms with van der Waals surface area (Å²) in [4.78, 5) is 38.0. The molecule has 0 aromatic rings. The molecule has 0 spiro atoms. The lowest BCUT2D eigenvalue weighted by molar-refractivity contribution is -0.870. The van der Waals surface area contributed by atoms with Crippen molar-refractivity contribution in [3.63, 3.8) is 0 Å². The van der Waals surface area contributed by atoms with E-state index < -0.39 is 26.5 Å². The van der Waals surface area contributed by atoms with Crippen molar-refractivity contribution in [1.29, 1.82) is 0 Å². The second-order valence-corrected chi connectivity index (χ2v) is 24.2. The van der Waals surface area contributed by atoms with Crippen molar-refractivity contribution in [2.45, 2.75) is 296 Å². The van der Waals surface area contributed by atoms with Gasteiger partial charge in [-0.15, -0.1) is 0 Å². The van der Waals surface area contributed by atoms with Crippen molar-refractivity contribution < 1.29 is 42.1 Å². The molecule has 9 nitrogen and oxygen atoms in total. The molecular formula is C67H122NO8P. The SMILES string of the molecule is CC/C=C\C/C=C\C/C=C\C/C=C\C/C=C\C/C=C\CCCCCCCCCCCCC(=O)OC(COC(=O)CCCCCCCCCCCCCCCCCCCCCCCCCC)COP(=O)([O-])OCC[N+](C)(C)C. The Morgan fingerprint density at radius 3 is 1.10 bits per heavy atom. The minimum atomic E-state index is -4.64. The topological polar surface area (TPSA) is 111 Å². The number of rotatable bonds is 59. The Bertz CT molecular complexity index is 1530. The van der Waals surface area contributed by atoms with Crippen molar-refractivity contribution in [2.75, 3.05) is 47.5 Å². The minimum Gasteiger partial charge on any atom is -0.756 e. The lowest BCUT2D eigenvalue weighted by Gasteiger charge is -2.28. The first-order valence-electron chi connectivity index (χ1n) is 32.1. The molecular weight excluding hydrogens is 978 g/mol. The van der Waals surface area contributed by atoms with E-state index in [-0.39, 0.29) is 32.0 Å². The zero-order valence-electron chi connectivity index (χ0n) is 50.9. The Balaban J connectivity index is 4.11. The van der Waals surface area contributed by atoms with E-state index in [4.69, 9.17) is 18.5 Å². The summed E-state index contributed by atoms with van der Waals surface area (Å²) in [5.74, 6) is -0.828. The van der Waals surface area contributed by atoms with Gasteiger partial charge in [-0.25, -0.2) is 0 Å². The fourth-order valence-electron chi connectivity index (χ4n) is 9.07. The molecule has 0 amide bonds. The third kappa shape index (κ3) is 62.5. The first-order chi connectivity index (χ1) is 37.5. The summed E-state index contributed by atoms with van der Waals surface area (Å²) in [5.41, 5.74) is 0. The summed E-state index contributed by atoms with van der Waals surface area (Å²) in [5, 5.41) is 0. The van der Waals surface area contributed by atoms with Crippen LogP contribution in [0.25, 0.3) is 0 Å². The van der Waals surface area contributed by atoms with E-state index in [1.807, 2.05) is 21.1 Å². The predicted octanol–water partition coefficient (Wildman–Crippen LogP) is 19.8. The van der Waals surface area contributed by atoms with Crippen LogP contribution in [0.3, 0.4) is 0 Å². The second kappa shape index (κ2) is 58.1. The van der Waals surface area contributed by atoms with E-state index in [0.717, 1.165) is 83.5 Å². The van der Waals surface area contributed by atoms with Gasteiger partial charge >= 0.3 is 11.9 Å². The van der Waals surface area contributed by atoms with Crippen LogP contribution in [0.2, 0.25) is 0 Å². The van der Waals surface area contributed by atoms with Crippen LogP contribution in [0.1, 0.15) is 290 Å². The zero-order chi connectivity index (χ0) is 56.3. The lowest BCUT2D eigenvalue weighted by Crippen LogP contribution is -2.37. The molecule has 0 N–H and O–H groups in total. The molecule has 0 aromatic heterocycles. The van der Waals surface area contributed by atoms with Crippen LogP contribution in [0.5, 0.6) is 0 Å². The van der Waals surface area contributed by atoms with Crippen molar-refractivity contribution in [3.8, 4) is 0 Å². The van der Waals surface area contributed by atoms with Gasteiger partial charge in [0.15, 0.2) is 6.10 Å². The Morgan fingerprint density at radius 1 is 0.416 bits per heavy atom. The number of hydrogen-bond donors (Lipinski definition) is 0. The third-order valence-corrected chi connectivity index (χ3v) is 15.0. The average Bonchev–Trinajstić information content (AvgIpc) is 3.39. The van der Waals surface area contributed by atoms with Gasteiger partial charge in [-0.05, 0) is 64.2 Å². The maximum atomic E-state index is 12.8. The van der Waals surface area contributed by atoms with Crippen LogP contribution < -0.4 is 4.89 Å². The molecule has 0 aromatic carbocycles. The molecule has 0 radical (unpaired) electrons. The summed E-state index contributed by atoms with van der Waals surface area (Å²) in [6.45, 7) is 4.16. The Hall–Kier alpha value is -2.55. The summed E-state index contributed by atoms with van der Waals surface area (Å²) in [6.07, 6.45) is 76.7. The largest absolute Gasteiger partial charge is 0.756 e. The molecule has 0 heterocycles. The number of likely N-dealkylation sites (N-methyl/N-ethyl adjacent to an activating group) is 1. The third-order valence-electron chi connectivity index (χ3n) is 14.0. The maximum Gasteiger partial charge on any atom is 0.306 e. The second-order valence-electron chi connectivity index (χ2n) is 22.8. The van der Waals surface area contributed by atoms with Crippen LogP contribution >= 0.6 is 7.82 Å². The van der Waals surface area contributed by atoms with Gasteiger partial charge < -0.3 is 27.9 Å². The van der Waals surface area contributed by atoms with Crippen molar-refractivity contribution >= 4 is 19.8 Å². The predicted molar refractivity (Wildman–Crippen MR) is 328 cm³/mol. The van der Waals surface area contributed by atoms with Crippen molar-refractivity contribution in [1.82, 2.24) is 0 Å². The number of carbonyl (C=O) groups is 2. The number of quaternary nitrogens is 1. The number of carbonyl (C=O) groups excluding carboxylic acids is 2. The van der Waals surface area contributed by atoms with Crippen LogP contribution in [-0.2, 0) is 32.7 Å². The fraction of sp³-hybridized carbons (Fsp3) is 0.791. The molecule has 0 aliphatic carbocycles. The van der Waals surface area contributed by atoms with Gasteiger partial charge in [-0.3, -0.25) is 14.2 Å². The Labute approximate surface area is 476 Å². The number of phosphoric ester groups is 1. The number of unbranched alkanes of at least 4 members (excludes halogenated alkanes) is 33. The van der Waals surface area contributed by atoms with E-state index in [1.54, 1.807) is 0 Å². The molecule has 0 rings (SSSR count). The number of allylic oxidation sites excluding steroid dienone is 12. The van der Waals surface area contributed by atoms with E-state index in [1.165, 1.54) is 173 Å². The first kappa shape index (κ1) is 74.5. The number of hydrogen-bond acceptors (Lipinski definition) is 8.